The molecule has 1 N–H and O–H groups in total. The van der Waals surface area contributed by atoms with E-state index in [4.69, 9.17) is 0 Å². The van der Waals surface area contributed by atoms with Crippen molar-refractivity contribution < 1.29 is 0 Å². The highest BCUT2D eigenvalue weighted by Crippen LogP contribution is 2.34. The molecule has 110 valence electrons. The van der Waals surface area contributed by atoms with Gasteiger partial charge in [0.2, 0.25) is 0 Å². The molecule has 0 amide bonds. The Labute approximate surface area is 127 Å². The van der Waals surface area contributed by atoms with Crippen molar-refractivity contribution in [2.24, 2.45) is 0 Å². The Morgan fingerprint density at radius 3 is 2.90 bits per heavy atom. The quantitative estimate of drug-likeness (QED) is 0.916. The van der Waals surface area contributed by atoms with Crippen LogP contribution in [0, 0.1) is 0 Å². The van der Waals surface area contributed by atoms with Gasteiger partial charge in [0.1, 0.15) is 0 Å². The molecule has 1 aliphatic carbocycles. The molecule has 1 aromatic rings. The van der Waals surface area contributed by atoms with E-state index in [0.717, 1.165) is 17.8 Å². The predicted octanol–water partition coefficient (Wildman–Crippen LogP) is 3.31. The first-order valence-electron chi connectivity index (χ1n) is 8.02. The van der Waals surface area contributed by atoms with Gasteiger partial charge in [0.05, 0.1) is 0 Å². The third kappa shape index (κ3) is 3.21. The molecule has 0 spiro atoms. The highest BCUT2D eigenvalue weighted by Gasteiger charge is 2.34. The smallest absolute Gasteiger partial charge is 0.0449 e. The van der Waals surface area contributed by atoms with Gasteiger partial charge >= 0.3 is 0 Å². The van der Waals surface area contributed by atoms with Crippen molar-refractivity contribution in [1.82, 2.24) is 10.2 Å². The zero-order chi connectivity index (χ0) is 13.8. The van der Waals surface area contributed by atoms with E-state index in [9.17, 15) is 0 Å². The van der Waals surface area contributed by atoms with Gasteiger partial charge in [-0.3, -0.25) is 4.90 Å². The summed E-state index contributed by atoms with van der Waals surface area (Å²) in [7, 11) is 0. The molecule has 2 nitrogen and oxygen atoms in total. The van der Waals surface area contributed by atoms with Crippen LogP contribution < -0.4 is 5.32 Å². The van der Waals surface area contributed by atoms with Gasteiger partial charge in [-0.2, -0.15) is 11.8 Å². The average molecular weight is 290 g/mol. The lowest BCUT2D eigenvalue weighted by Crippen LogP contribution is -2.51. The van der Waals surface area contributed by atoms with Gasteiger partial charge in [-0.15, -0.1) is 0 Å². The van der Waals surface area contributed by atoms with Crippen LogP contribution in [0.4, 0.5) is 0 Å². The van der Waals surface area contributed by atoms with Gasteiger partial charge in [0, 0.05) is 37.0 Å². The molecule has 0 bridgehead atoms. The molecular formula is C17H26N2S. The monoisotopic (exact) mass is 290 g/mol. The van der Waals surface area contributed by atoms with E-state index in [0.29, 0.717) is 6.04 Å². The van der Waals surface area contributed by atoms with Gasteiger partial charge in [0.25, 0.3) is 0 Å². The first-order chi connectivity index (χ1) is 9.88. The van der Waals surface area contributed by atoms with Crippen molar-refractivity contribution in [3.63, 3.8) is 0 Å². The molecule has 3 unspecified atom stereocenters. The van der Waals surface area contributed by atoms with Crippen LogP contribution >= 0.6 is 11.8 Å². The molecule has 1 aromatic carbocycles. The Kier molecular flexibility index (Phi) is 5.03. The number of nitrogens with zero attached hydrogens (tertiary/aromatic N) is 1. The maximum absolute atomic E-state index is 3.69. The van der Waals surface area contributed by atoms with Crippen LogP contribution in [0.2, 0.25) is 0 Å². The van der Waals surface area contributed by atoms with Crippen molar-refractivity contribution in [3.05, 3.63) is 35.9 Å². The van der Waals surface area contributed by atoms with Crippen LogP contribution in [0.5, 0.6) is 0 Å². The minimum absolute atomic E-state index is 0.512. The fourth-order valence-electron chi connectivity index (χ4n) is 3.72. The molecule has 1 saturated carbocycles. The van der Waals surface area contributed by atoms with Gasteiger partial charge in [0.15, 0.2) is 0 Å². The molecule has 20 heavy (non-hydrogen) atoms. The van der Waals surface area contributed by atoms with E-state index in [-0.39, 0.29) is 0 Å². The lowest BCUT2D eigenvalue weighted by molar-refractivity contribution is 0.148. The summed E-state index contributed by atoms with van der Waals surface area (Å²) in [6.45, 7) is 5.81. The molecule has 2 aliphatic rings. The summed E-state index contributed by atoms with van der Waals surface area (Å²) in [4.78, 5) is 2.76. The van der Waals surface area contributed by atoms with Gasteiger partial charge in [-0.05, 0) is 24.2 Å². The van der Waals surface area contributed by atoms with E-state index < -0.39 is 0 Å². The molecule has 0 aromatic heterocycles. The molecular weight excluding hydrogens is 264 g/mol. The molecule has 1 heterocycles. The number of nitrogens with one attached hydrogen (secondary N) is 1. The maximum Gasteiger partial charge on any atom is 0.0449 e. The molecule has 1 saturated heterocycles. The minimum atomic E-state index is 0.512. The summed E-state index contributed by atoms with van der Waals surface area (Å²) in [6, 6.07) is 12.3. The van der Waals surface area contributed by atoms with E-state index in [1.807, 2.05) is 0 Å². The first kappa shape index (κ1) is 14.4. The molecule has 2 fully saturated rings. The second-order valence-corrected chi connectivity index (χ2v) is 7.42. The largest absolute Gasteiger partial charge is 0.308 e. The standard InChI is InChI=1S/C17H26N2S/c1-2-20-17-10-6-9-16(17)19-12-11-18-15(13-19)14-7-4-3-5-8-14/h3-5,7-8,15-18H,2,6,9-13H2,1H3. The Bertz CT molecular complexity index is 409. The zero-order valence-electron chi connectivity index (χ0n) is 12.4. The summed E-state index contributed by atoms with van der Waals surface area (Å²) < 4.78 is 0. The van der Waals surface area contributed by atoms with Crippen molar-refractivity contribution >= 4 is 11.8 Å². The van der Waals surface area contributed by atoms with Crippen LogP contribution in [-0.2, 0) is 0 Å². The van der Waals surface area contributed by atoms with Crippen LogP contribution in [0.1, 0.15) is 37.8 Å². The summed E-state index contributed by atoms with van der Waals surface area (Å²) in [5.74, 6) is 1.26. The Morgan fingerprint density at radius 2 is 2.10 bits per heavy atom. The van der Waals surface area contributed by atoms with Crippen molar-refractivity contribution in [2.45, 2.75) is 43.5 Å². The number of piperazine rings is 1. The number of benzene rings is 1. The van der Waals surface area contributed by atoms with Crippen LogP contribution in [0.25, 0.3) is 0 Å². The molecule has 3 heteroatoms. The van der Waals surface area contributed by atoms with E-state index in [1.165, 1.54) is 43.7 Å². The van der Waals surface area contributed by atoms with E-state index in [1.54, 1.807) is 0 Å². The average Bonchev–Trinajstić information content (AvgIpc) is 2.97. The van der Waals surface area contributed by atoms with Gasteiger partial charge in [-0.25, -0.2) is 0 Å². The molecule has 3 rings (SSSR count). The lowest BCUT2D eigenvalue weighted by atomic mass is 10.0. The van der Waals surface area contributed by atoms with Crippen LogP contribution in [-0.4, -0.2) is 41.6 Å². The summed E-state index contributed by atoms with van der Waals surface area (Å²) in [5, 5.41) is 4.56. The zero-order valence-corrected chi connectivity index (χ0v) is 13.2. The topological polar surface area (TPSA) is 15.3 Å². The SMILES string of the molecule is CCSC1CCCC1N1CCNC(c2ccccc2)C1. The predicted molar refractivity (Wildman–Crippen MR) is 88.3 cm³/mol. The van der Waals surface area contributed by atoms with Crippen LogP contribution in [0.15, 0.2) is 30.3 Å². The van der Waals surface area contributed by atoms with Crippen molar-refractivity contribution in [2.75, 3.05) is 25.4 Å². The van der Waals surface area contributed by atoms with Gasteiger partial charge in [-0.1, -0.05) is 43.7 Å². The number of hydrogen-bond acceptors (Lipinski definition) is 3. The van der Waals surface area contributed by atoms with E-state index in [2.05, 4.69) is 59.2 Å². The third-order valence-electron chi connectivity index (χ3n) is 4.68. The first-order valence-corrected chi connectivity index (χ1v) is 9.07. The normalized spacial score (nSPS) is 31.6. The maximum atomic E-state index is 3.69. The molecule has 3 atom stereocenters. The second kappa shape index (κ2) is 6.97. The highest BCUT2D eigenvalue weighted by molar-refractivity contribution is 7.99. The second-order valence-electron chi connectivity index (χ2n) is 5.90. The lowest BCUT2D eigenvalue weighted by Gasteiger charge is -2.39. The van der Waals surface area contributed by atoms with Gasteiger partial charge < -0.3 is 5.32 Å². The highest BCUT2D eigenvalue weighted by atomic mass is 32.2. The summed E-state index contributed by atoms with van der Waals surface area (Å²) in [6.07, 6.45) is 4.24. The number of thioether (sulfide) groups is 1. The number of hydrogen-bond donors (Lipinski definition) is 1. The van der Waals surface area contributed by atoms with E-state index >= 15 is 0 Å². The third-order valence-corrected chi connectivity index (χ3v) is 5.99. The minimum Gasteiger partial charge on any atom is -0.308 e. The number of rotatable bonds is 4. The Morgan fingerprint density at radius 1 is 1.25 bits per heavy atom. The summed E-state index contributed by atoms with van der Waals surface area (Å²) in [5.41, 5.74) is 1.44. The fourth-order valence-corrected chi connectivity index (χ4v) is 5.01. The molecule has 1 aliphatic heterocycles. The fraction of sp³-hybridized carbons (Fsp3) is 0.647. The summed E-state index contributed by atoms with van der Waals surface area (Å²) >= 11 is 2.18. The Balaban J connectivity index is 1.66. The molecule has 0 radical (unpaired) electrons. The Hall–Kier alpha value is -0.510. The van der Waals surface area contributed by atoms with Crippen LogP contribution in [0.3, 0.4) is 0 Å². The van der Waals surface area contributed by atoms with Crippen molar-refractivity contribution in [3.8, 4) is 0 Å². The van der Waals surface area contributed by atoms with Crippen molar-refractivity contribution in [1.29, 1.82) is 0 Å².